The van der Waals surface area contributed by atoms with Gasteiger partial charge in [0, 0.05) is 17.4 Å². The van der Waals surface area contributed by atoms with E-state index in [2.05, 4.69) is 15.9 Å². The van der Waals surface area contributed by atoms with Gasteiger partial charge in [-0.15, -0.1) is 0 Å². The summed E-state index contributed by atoms with van der Waals surface area (Å²) in [7, 11) is 0. The predicted octanol–water partition coefficient (Wildman–Crippen LogP) is 1.53. The number of hydrogen-bond acceptors (Lipinski definition) is 3. The van der Waals surface area contributed by atoms with Gasteiger partial charge in [-0.25, -0.2) is 4.79 Å². The van der Waals surface area contributed by atoms with Crippen LogP contribution < -0.4 is 0 Å². The van der Waals surface area contributed by atoms with Gasteiger partial charge in [0.25, 0.3) is 0 Å². The van der Waals surface area contributed by atoms with Crippen molar-refractivity contribution in [3.63, 3.8) is 0 Å². The molecule has 0 unspecified atom stereocenters. The number of aliphatic carboxylic acids is 1. The summed E-state index contributed by atoms with van der Waals surface area (Å²) in [5.74, 6) is -1.22. The minimum Gasteiger partial charge on any atom is -0.480 e. The number of amides is 1. The first-order valence-electron chi connectivity index (χ1n) is 6.92. The molecule has 1 amide bonds. The molecule has 1 saturated heterocycles. The zero-order chi connectivity index (χ0) is 15.2. The number of benzene rings is 1. The molecule has 112 valence electrons. The Bertz CT molecular complexity index is 582. The normalized spacial score (nSPS) is 26.7. The van der Waals surface area contributed by atoms with Gasteiger partial charge in [-0.2, -0.15) is 0 Å². The van der Waals surface area contributed by atoms with Crippen molar-refractivity contribution in [1.29, 1.82) is 0 Å². The fraction of sp³-hybridized carbons (Fsp3) is 0.467. The maximum Gasteiger partial charge on any atom is 0.326 e. The Morgan fingerprint density at radius 2 is 1.86 bits per heavy atom. The Hall–Kier alpha value is -1.40. The second kappa shape index (κ2) is 5.10. The van der Waals surface area contributed by atoms with Crippen molar-refractivity contribution in [2.45, 2.75) is 36.8 Å². The third kappa shape index (κ3) is 2.46. The fourth-order valence-electron chi connectivity index (χ4n) is 3.07. The van der Waals surface area contributed by atoms with Crippen molar-refractivity contribution in [2.75, 3.05) is 6.54 Å². The highest BCUT2D eigenvalue weighted by molar-refractivity contribution is 9.10. The highest BCUT2D eigenvalue weighted by atomic mass is 79.9. The molecule has 0 spiro atoms. The lowest BCUT2D eigenvalue weighted by atomic mass is 9.94. The van der Waals surface area contributed by atoms with Crippen LogP contribution in [0, 0.1) is 0 Å². The van der Waals surface area contributed by atoms with E-state index in [9.17, 15) is 19.8 Å². The van der Waals surface area contributed by atoms with Crippen LogP contribution in [-0.4, -0.2) is 45.7 Å². The molecule has 0 aromatic heterocycles. The lowest BCUT2D eigenvalue weighted by Crippen LogP contribution is -2.45. The van der Waals surface area contributed by atoms with E-state index in [1.165, 1.54) is 4.90 Å². The highest BCUT2D eigenvalue weighted by Crippen LogP contribution is 2.50. The van der Waals surface area contributed by atoms with Crippen LogP contribution in [0.25, 0.3) is 0 Å². The van der Waals surface area contributed by atoms with Crippen molar-refractivity contribution in [3.05, 3.63) is 34.3 Å². The zero-order valence-electron chi connectivity index (χ0n) is 11.3. The van der Waals surface area contributed by atoms with Gasteiger partial charge in [0.15, 0.2) is 0 Å². The maximum absolute atomic E-state index is 12.8. The van der Waals surface area contributed by atoms with E-state index in [-0.39, 0.29) is 18.9 Å². The third-order valence-corrected chi connectivity index (χ3v) is 4.91. The number of likely N-dealkylation sites (tertiary alicyclic amines) is 1. The van der Waals surface area contributed by atoms with Gasteiger partial charge in [-0.3, -0.25) is 4.79 Å². The standard InChI is InChI=1S/C15H16BrNO4/c16-10-3-1-9(2-4-10)15(5-6-15)14(21)17-8-11(18)7-12(17)13(19)20/h1-4,11-12,18H,5-8H2,(H,19,20)/t11-,12-/m1/s1. The molecule has 3 rings (SSSR count). The third-order valence-electron chi connectivity index (χ3n) is 4.38. The smallest absolute Gasteiger partial charge is 0.326 e. The fourth-order valence-corrected chi connectivity index (χ4v) is 3.33. The van der Waals surface area contributed by atoms with E-state index in [1.54, 1.807) is 0 Å². The summed E-state index contributed by atoms with van der Waals surface area (Å²) >= 11 is 3.37. The Morgan fingerprint density at radius 3 is 2.38 bits per heavy atom. The second-order valence-corrected chi connectivity index (χ2v) is 6.71. The highest BCUT2D eigenvalue weighted by Gasteiger charge is 2.55. The van der Waals surface area contributed by atoms with Crippen molar-refractivity contribution in [2.24, 2.45) is 0 Å². The summed E-state index contributed by atoms with van der Waals surface area (Å²) in [5.41, 5.74) is 0.319. The molecule has 2 atom stereocenters. The molecule has 1 aromatic carbocycles. The van der Waals surface area contributed by atoms with E-state index >= 15 is 0 Å². The van der Waals surface area contributed by atoms with Crippen LogP contribution in [-0.2, 0) is 15.0 Å². The van der Waals surface area contributed by atoms with E-state index in [0.717, 1.165) is 22.9 Å². The summed E-state index contributed by atoms with van der Waals surface area (Å²) < 4.78 is 0.939. The Kier molecular flexibility index (Phi) is 3.53. The number of aliphatic hydroxyl groups is 1. The molecule has 1 aliphatic heterocycles. The number of carbonyl (C=O) groups excluding carboxylic acids is 1. The largest absolute Gasteiger partial charge is 0.480 e. The van der Waals surface area contributed by atoms with E-state index in [4.69, 9.17) is 0 Å². The molecular weight excluding hydrogens is 338 g/mol. The predicted molar refractivity (Wildman–Crippen MR) is 78.8 cm³/mol. The molecule has 2 N–H and O–H groups in total. The van der Waals surface area contributed by atoms with Crippen LogP contribution in [0.1, 0.15) is 24.8 Å². The first-order valence-corrected chi connectivity index (χ1v) is 7.71. The second-order valence-electron chi connectivity index (χ2n) is 5.79. The SMILES string of the molecule is O=C(O)[C@H]1C[C@@H](O)CN1C(=O)C1(c2ccc(Br)cc2)CC1. The van der Waals surface area contributed by atoms with E-state index in [1.807, 2.05) is 24.3 Å². The topological polar surface area (TPSA) is 77.8 Å². The van der Waals surface area contributed by atoms with Crippen molar-refractivity contribution < 1.29 is 19.8 Å². The first kappa shape index (κ1) is 14.5. The van der Waals surface area contributed by atoms with E-state index < -0.39 is 23.5 Å². The van der Waals surface area contributed by atoms with Gasteiger partial charge in [0.2, 0.25) is 5.91 Å². The minimum absolute atomic E-state index is 0.105. The van der Waals surface area contributed by atoms with Gasteiger partial charge in [0.1, 0.15) is 6.04 Å². The van der Waals surface area contributed by atoms with Gasteiger partial charge in [0.05, 0.1) is 11.5 Å². The number of halogens is 1. The molecule has 2 aliphatic rings. The molecule has 0 bridgehead atoms. The number of hydrogen-bond donors (Lipinski definition) is 2. The molecule has 2 fully saturated rings. The number of carboxylic acid groups (broad SMARTS) is 1. The van der Waals surface area contributed by atoms with Gasteiger partial charge in [-0.05, 0) is 30.5 Å². The average molecular weight is 354 g/mol. The Balaban J connectivity index is 1.87. The van der Waals surface area contributed by atoms with Crippen LogP contribution in [0.5, 0.6) is 0 Å². The Morgan fingerprint density at radius 1 is 1.24 bits per heavy atom. The lowest BCUT2D eigenvalue weighted by molar-refractivity contribution is -0.149. The number of carboxylic acids is 1. The lowest BCUT2D eigenvalue weighted by Gasteiger charge is -2.26. The number of β-amino-alcohol motifs (C(OH)–C–C–N with tert-alkyl or cyclic N) is 1. The molecule has 0 radical (unpaired) electrons. The summed E-state index contributed by atoms with van der Waals surface area (Å²) in [6.07, 6.45) is 0.812. The van der Waals surface area contributed by atoms with Gasteiger partial charge >= 0.3 is 5.97 Å². The zero-order valence-corrected chi connectivity index (χ0v) is 12.9. The maximum atomic E-state index is 12.8. The summed E-state index contributed by atoms with van der Waals surface area (Å²) in [6.45, 7) is 0.105. The Labute approximate surface area is 130 Å². The molecular formula is C15H16BrNO4. The van der Waals surface area contributed by atoms with Gasteiger partial charge in [-0.1, -0.05) is 28.1 Å². The van der Waals surface area contributed by atoms with Crippen molar-refractivity contribution >= 4 is 27.8 Å². The monoisotopic (exact) mass is 353 g/mol. The summed E-state index contributed by atoms with van der Waals surface area (Å²) in [6, 6.07) is 6.65. The molecule has 6 heteroatoms. The van der Waals surface area contributed by atoms with Crippen LogP contribution >= 0.6 is 15.9 Å². The molecule has 1 heterocycles. The quantitative estimate of drug-likeness (QED) is 0.863. The summed E-state index contributed by atoms with van der Waals surface area (Å²) in [4.78, 5) is 25.4. The van der Waals surface area contributed by atoms with Crippen LogP contribution in [0.2, 0.25) is 0 Å². The molecule has 1 aromatic rings. The summed E-state index contributed by atoms with van der Waals surface area (Å²) in [5, 5.41) is 18.9. The molecule has 21 heavy (non-hydrogen) atoms. The molecule has 1 aliphatic carbocycles. The van der Waals surface area contributed by atoms with Crippen LogP contribution in [0.3, 0.4) is 0 Å². The van der Waals surface area contributed by atoms with Crippen LogP contribution in [0.15, 0.2) is 28.7 Å². The van der Waals surface area contributed by atoms with E-state index in [0.29, 0.717) is 0 Å². The number of nitrogens with zero attached hydrogens (tertiary/aromatic N) is 1. The molecule has 5 nitrogen and oxygen atoms in total. The number of aliphatic hydroxyl groups excluding tert-OH is 1. The number of rotatable bonds is 3. The average Bonchev–Trinajstić information content (AvgIpc) is 3.15. The minimum atomic E-state index is -1.05. The molecule has 1 saturated carbocycles. The first-order chi connectivity index (χ1) is 9.94. The van der Waals surface area contributed by atoms with Gasteiger partial charge < -0.3 is 15.1 Å². The van der Waals surface area contributed by atoms with Crippen molar-refractivity contribution in [1.82, 2.24) is 4.90 Å². The van der Waals surface area contributed by atoms with Crippen molar-refractivity contribution in [3.8, 4) is 0 Å². The van der Waals surface area contributed by atoms with Crippen LogP contribution in [0.4, 0.5) is 0 Å². The number of carbonyl (C=O) groups is 2.